The van der Waals surface area contributed by atoms with Crippen molar-refractivity contribution in [2.45, 2.75) is 25.9 Å². The molecular formula is C12H22F3N3O3S. The Hall–Kier alpha value is -0.870. The number of carbonyl (C=O) groups excluding carboxylic acids is 1. The molecule has 0 aromatic carbocycles. The van der Waals surface area contributed by atoms with Gasteiger partial charge in [-0.25, -0.2) is 13.1 Å². The van der Waals surface area contributed by atoms with Crippen molar-refractivity contribution in [3.63, 3.8) is 0 Å². The van der Waals surface area contributed by atoms with Gasteiger partial charge < -0.3 is 5.32 Å². The minimum Gasteiger partial charge on any atom is -0.355 e. The van der Waals surface area contributed by atoms with Crippen molar-refractivity contribution in [2.24, 2.45) is 5.92 Å². The van der Waals surface area contributed by atoms with Crippen LogP contribution in [0.1, 0.15) is 19.8 Å². The third-order valence-corrected chi connectivity index (χ3v) is 4.89. The zero-order valence-corrected chi connectivity index (χ0v) is 13.3. The minimum atomic E-state index is -4.22. The third kappa shape index (κ3) is 7.41. The average molecular weight is 345 g/mol. The summed E-state index contributed by atoms with van der Waals surface area (Å²) in [5, 5.41) is 2.61. The first kappa shape index (κ1) is 19.2. The van der Waals surface area contributed by atoms with E-state index in [1.165, 1.54) is 11.8 Å². The first-order valence-electron chi connectivity index (χ1n) is 7.17. The number of halogens is 3. The molecule has 0 aromatic heterocycles. The highest BCUT2D eigenvalue weighted by Gasteiger charge is 2.33. The Morgan fingerprint density at radius 3 is 2.32 bits per heavy atom. The van der Waals surface area contributed by atoms with E-state index in [4.69, 9.17) is 0 Å². The molecule has 1 fully saturated rings. The summed E-state index contributed by atoms with van der Waals surface area (Å²) in [6, 6.07) is 0. The zero-order chi connectivity index (χ0) is 16.8. The number of rotatable bonds is 7. The van der Waals surface area contributed by atoms with Gasteiger partial charge in [0.25, 0.3) is 0 Å². The average Bonchev–Trinajstić information content (AvgIpc) is 2.42. The van der Waals surface area contributed by atoms with E-state index < -0.39 is 22.7 Å². The molecule has 0 spiro atoms. The van der Waals surface area contributed by atoms with E-state index in [-0.39, 0.29) is 43.8 Å². The number of alkyl halides is 3. The lowest BCUT2D eigenvalue weighted by Crippen LogP contribution is -2.44. The predicted molar refractivity (Wildman–Crippen MR) is 75.7 cm³/mol. The van der Waals surface area contributed by atoms with Gasteiger partial charge in [-0.3, -0.25) is 9.69 Å². The van der Waals surface area contributed by atoms with E-state index in [2.05, 4.69) is 10.0 Å². The molecule has 6 nitrogen and oxygen atoms in total. The van der Waals surface area contributed by atoms with Crippen LogP contribution in [0.5, 0.6) is 0 Å². The molecule has 130 valence electrons. The molecule has 0 radical (unpaired) electrons. The van der Waals surface area contributed by atoms with Crippen molar-refractivity contribution in [1.82, 2.24) is 14.9 Å². The van der Waals surface area contributed by atoms with Gasteiger partial charge in [0.1, 0.15) is 0 Å². The molecular weight excluding hydrogens is 323 g/mol. The summed E-state index contributed by atoms with van der Waals surface area (Å²) < 4.78 is 61.4. The van der Waals surface area contributed by atoms with Crippen molar-refractivity contribution in [1.29, 1.82) is 0 Å². The fourth-order valence-corrected chi connectivity index (χ4v) is 2.86. The first-order valence-corrected chi connectivity index (χ1v) is 8.82. The highest BCUT2D eigenvalue weighted by Crippen LogP contribution is 2.22. The highest BCUT2D eigenvalue weighted by atomic mass is 32.2. The van der Waals surface area contributed by atoms with Gasteiger partial charge in [0.15, 0.2) is 0 Å². The zero-order valence-electron chi connectivity index (χ0n) is 12.4. The number of hydrogen-bond acceptors (Lipinski definition) is 4. The summed E-state index contributed by atoms with van der Waals surface area (Å²) in [5.41, 5.74) is 0. The van der Waals surface area contributed by atoms with Crippen molar-refractivity contribution < 1.29 is 26.4 Å². The Bertz CT molecular complexity index is 460. The van der Waals surface area contributed by atoms with E-state index in [9.17, 15) is 26.4 Å². The number of nitrogens with one attached hydrogen (secondary N) is 2. The van der Waals surface area contributed by atoms with E-state index in [1.807, 2.05) is 0 Å². The molecule has 2 N–H and O–H groups in total. The highest BCUT2D eigenvalue weighted by molar-refractivity contribution is 7.89. The van der Waals surface area contributed by atoms with Gasteiger partial charge in [-0.1, -0.05) is 0 Å². The predicted octanol–water partition coefficient (Wildman–Crippen LogP) is 0.316. The number of nitrogens with zero attached hydrogens (tertiary/aromatic N) is 1. The molecule has 0 unspecified atom stereocenters. The van der Waals surface area contributed by atoms with Gasteiger partial charge in [0.05, 0.1) is 12.3 Å². The molecule has 1 saturated heterocycles. The van der Waals surface area contributed by atoms with Gasteiger partial charge in [0.2, 0.25) is 15.9 Å². The Kier molecular flexibility index (Phi) is 7.07. The second-order valence-corrected chi connectivity index (χ2v) is 7.35. The van der Waals surface area contributed by atoms with Gasteiger partial charge in [-0.15, -0.1) is 0 Å². The van der Waals surface area contributed by atoms with Crippen LogP contribution in [0.25, 0.3) is 0 Å². The SMILES string of the molecule is CCS(=O)(=O)NCCNC(=O)C1CCN(CC(F)(F)F)CC1. The maximum atomic E-state index is 12.2. The van der Waals surface area contributed by atoms with Crippen LogP contribution < -0.4 is 10.0 Å². The summed E-state index contributed by atoms with van der Waals surface area (Å²) in [6.07, 6.45) is -3.46. The van der Waals surface area contributed by atoms with Crippen LogP contribution in [0, 0.1) is 5.92 Å². The van der Waals surface area contributed by atoms with E-state index >= 15 is 0 Å². The van der Waals surface area contributed by atoms with E-state index in [0.29, 0.717) is 12.8 Å². The van der Waals surface area contributed by atoms with Crippen LogP contribution in [0.15, 0.2) is 0 Å². The van der Waals surface area contributed by atoms with Crippen molar-refractivity contribution in [3.05, 3.63) is 0 Å². The lowest BCUT2D eigenvalue weighted by Gasteiger charge is -2.31. The molecule has 1 rings (SSSR count). The number of piperidine rings is 1. The molecule has 10 heteroatoms. The van der Waals surface area contributed by atoms with E-state index in [1.54, 1.807) is 0 Å². The smallest absolute Gasteiger partial charge is 0.355 e. The number of hydrogen-bond donors (Lipinski definition) is 2. The number of likely N-dealkylation sites (tertiary alicyclic amines) is 1. The third-order valence-electron chi connectivity index (χ3n) is 3.49. The number of amides is 1. The minimum absolute atomic E-state index is 0.0292. The maximum Gasteiger partial charge on any atom is 0.401 e. The molecule has 0 aliphatic carbocycles. The Labute approximate surface area is 128 Å². The van der Waals surface area contributed by atoms with Crippen LogP contribution in [0.3, 0.4) is 0 Å². The fraction of sp³-hybridized carbons (Fsp3) is 0.917. The molecule has 1 aliphatic rings. The second kappa shape index (κ2) is 8.11. The Morgan fingerprint density at radius 1 is 1.23 bits per heavy atom. The summed E-state index contributed by atoms with van der Waals surface area (Å²) in [4.78, 5) is 13.1. The lowest BCUT2D eigenvalue weighted by molar-refractivity contribution is -0.149. The Balaban J connectivity index is 2.23. The summed E-state index contributed by atoms with van der Waals surface area (Å²) in [5.74, 6) is -0.576. The molecule has 0 aromatic rings. The fourth-order valence-electron chi connectivity index (χ4n) is 2.25. The van der Waals surface area contributed by atoms with E-state index in [0.717, 1.165) is 0 Å². The quantitative estimate of drug-likeness (QED) is 0.651. The van der Waals surface area contributed by atoms with Gasteiger partial charge in [-0.2, -0.15) is 13.2 Å². The molecule has 0 saturated carbocycles. The molecule has 1 heterocycles. The normalized spacial score (nSPS) is 18.4. The van der Waals surface area contributed by atoms with Gasteiger partial charge in [-0.05, 0) is 32.9 Å². The van der Waals surface area contributed by atoms with Crippen LogP contribution in [-0.4, -0.2) is 63.9 Å². The van der Waals surface area contributed by atoms with Crippen LogP contribution in [-0.2, 0) is 14.8 Å². The Morgan fingerprint density at radius 2 is 1.82 bits per heavy atom. The van der Waals surface area contributed by atoms with Crippen molar-refractivity contribution in [3.8, 4) is 0 Å². The molecule has 1 aliphatic heterocycles. The number of carbonyl (C=O) groups is 1. The molecule has 0 bridgehead atoms. The topological polar surface area (TPSA) is 78.5 Å². The first-order chi connectivity index (χ1) is 10.1. The lowest BCUT2D eigenvalue weighted by atomic mass is 9.96. The summed E-state index contributed by atoms with van der Waals surface area (Å²) >= 11 is 0. The summed E-state index contributed by atoms with van der Waals surface area (Å²) in [6.45, 7) is 1.31. The molecule has 1 amide bonds. The monoisotopic (exact) mass is 345 g/mol. The van der Waals surface area contributed by atoms with Gasteiger partial charge >= 0.3 is 6.18 Å². The molecule has 0 atom stereocenters. The van der Waals surface area contributed by atoms with Crippen molar-refractivity contribution in [2.75, 3.05) is 38.5 Å². The maximum absolute atomic E-state index is 12.2. The largest absolute Gasteiger partial charge is 0.401 e. The van der Waals surface area contributed by atoms with Crippen LogP contribution in [0.4, 0.5) is 13.2 Å². The number of sulfonamides is 1. The second-order valence-electron chi connectivity index (χ2n) is 5.25. The van der Waals surface area contributed by atoms with Gasteiger partial charge in [0, 0.05) is 19.0 Å². The van der Waals surface area contributed by atoms with Crippen LogP contribution >= 0.6 is 0 Å². The van der Waals surface area contributed by atoms with Crippen molar-refractivity contribution >= 4 is 15.9 Å². The summed E-state index contributed by atoms with van der Waals surface area (Å²) in [7, 11) is -3.28. The standard InChI is InChI=1S/C12H22F3N3O3S/c1-2-22(20,21)17-6-5-16-11(19)10-3-7-18(8-4-10)9-12(13,14)15/h10,17H,2-9H2,1H3,(H,16,19). The molecule has 22 heavy (non-hydrogen) atoms. The van der Waals surface area contributed by atoms with Crippen LogP contribution in [0.2, 0.25) is 0 Å².